The molecule has 1 spiro atoms. The van der Waals surface area contributed by atoms with E-state index in [0.717, 1.165) is 44.5 Å². The normalized spacial score (nSPS) is 18.2. The number of nitrogens with zero attached hydrogens (tertiary/aromatic N) is 6. The van der Waals surface area contributed by atoms with Gasteiger partial charge in [0.2, 0.25) is 0 Å². The van der Waals surface area contributed by atoms with E-state index in [2.05, 4.69) is 73.7 Å². The molecule has 0 amide bonds. The fraction of sp³-hybridized carbons (Fsp3) is 0.123. The van der Waals surface area contributed by atoms with Gasteiger partial charge in [0.1, 0.15) is 0 Å². The average Bonchev–Trinajstić information content (AvgIpc) is 3.80. The quantitative estimate of drug-likeness (QED) is 0.149. The molecule has 2 heterocycles. The topological polar surface area (TPSA) is 77.3 Å². The molecule has 0 aliphatic heterocycles. The summed E-state index contributed by atoms with van der Waals surface area (Å²) in [5.74, 6) is 4.78. The monoisotopic (exact) mass is 810 g/mol. The first-order chi connectivity index (χ1) is 31.1. The van der Waals surface area contributed by atoms with Crippen molar-refractivity contribution in [1.82, 2.24) is 29.9 Å². The summed E-state index contributed by atoms with van der Waals surface area (Å²) in [6, 6.07) is 63.3. The molecule has 0 N–H and O–H groups in total. The number of aromatic nitrogens is 6. The summed E-state index contributed by atoms with van der Waals surface area (Å²) in [4.78, 5) is 30.9. The van der Waals surface area contributed by atoms with E-state index < -0.39 is 0 Å². The zero-order chi connectivity index (χ0) is 41.9. The van der Waals surface area contributed by atoms with Gasteiger partial charge in [-0.2, -0.15) is 0 Å². The Morgan fingerprint density at radius 1 is 0.365 bits per heavy atom. The van der Waals surface area contributed by atoms with E-state index in [1.54, 1.807) is 5.57 Å². The number of fused-ring (bicyclic) bond motifs is 8. The van der Waals surface area contributed by atoms with E-state index in [9.17, 15) is 0 Å². The molecule has 0 saturated heterocycles. The lowest BCUT2D eigenvalue weighted by Crippen LogP contribution is -2.31. The molecule has 3 unspecified atom stereocenters. The van der Waals surface area contributed by atoms with Crippen molar-refractivity contribution in [2.24, 2.45) is 11.8 Å². The zero-order valence-electron chi connectivity index (χ0n) is 34.9. The van der Waals surface area contributed by atoms with E-state index >= 15 is 0 Å². The highest BCUT2D eigenvalue weighted by Gasteiger charge is 2.52. The molecule has 1 fully saturated rings. The van der Waals surface area contributed by atoms with Gasteiger partial charge in [-0.15, -0.1) is 0 Å². The minimum atomic E-state index is -0.144. The first-order valence-electron chi connectivity index (χ1n) is 21.9. The largest absolute Gasteiger partial charge is 0.208 e. The number of rotatable bonds is 7. The maximum absolute atomic E-state index is 5.20. The van der Waals surface area contributed by atoms with Crippen LogP contribution in [0, 0.1) is 11.8 Å². The molecule has 6 nitrogen and oxygen atoms in total. The summed E-state index contributed by atoms with van der Waals surface area (Å²) >= 11 is 0. The van der Waals surface area contributed by atoms with Gasteiger partial charge >= 0.3 is 0 Å². The Hall–Kier alpha value is -7.70. The molecule has 1 saturated carbocycles. The third-order valence-corrected chi connectivity index (χ3v) is 13.2. The number of hydrogen-bond donors (Lipinski definition) is 0. The molecule has 3 atom stereocenters. The molecule has 9 aromatic rings. The van der Waals surface area contributed by atoms with E-state index in [0.29, 0.717) is 46.8 Å². The van der Waals surface area contributed by atoms with Crippen LogP contribution in [0.15, 0.2) is 194 Å². The molecule has 63 heavy (non-hydrogen) atoms. The lowest BCUT2D eigenvalue weighted by Gasteiger charge is -2.35. The highest BCUT2D eigenvalue weighted by atomic mass is 15.0. The summed E-state index contributed by atoms with van der Waals surface area (Å²) in [5, 5.41) is 0. The first kappa shape index (κ1) is 37.1. The molecule has 2 bridgehead atoms. The Bertz CT molecular complexity index is 2960. The summed E-state index contributed by atoms with van der Waals surface area (Å²) in [7, 11) is 0. The van der Waals surface area contributed by atoms with Crippen LogP contribution in [0.3, 0.4) is 0 Å². The Morgan fingerprint density at radius 2 is 0.778 bits per heavy atom. The van der Waals surface area contributed by atoms with Gasteiger partial charge in [0.15, 0.2) is 34.9 Å². The summed E-state index contributed by atoms with van der Waals surface area (Å²) < 4.78 is 0. The van der Waals surface area contributed by atoms with Crippen molar-refractivity contribution in [3.8, 4) is 90.6 Å². The van der Waals surface area contributed by atoms with Crippen molar-refractivity contribution in [2.45, 2.75) is 31.6 Å². The van der Waals surface area contributed by atoms with Crippen LogP contribution in [-0.2, 0) is 5.41 Å². The van der Waals surface area contributed by atoms with Gasteiger partial charge in [0.05, 0.1) is 0 Å². The SMILES string of the molecule is CC1CC2=CC3(c4ccccc4-c4ccc(-c5cc(-c6nc(-c7ccccc7)nc(-c7ccccc7)n6)cc(-c6nc(-c7ccccc7)nc(-c7ccccc7)n6)c5)cc43)C(C2)C1. The highest BCUT2D eigenvalue weighted by molar-refractivity contribution is 5.87. The lowest BCUT2D eigenvalue weighted by molar-refractivity contribution is 0.301. The van der Waals surface area contributed by atoms with Crippen molar-refractivity contribution in [1.29, 1.82) is 0 Å². The van der Waals surface area contributed by atoms with Crippen LogP contribution in [0.2, 0.25) is 0 Å². The molecule has 3 aliphatic rings. The molecular weight excluding hydrogens is 769 g/mol. The number of benzene rings is 7. The molecule has 12 rings (SSSR count). The van der Waals surface area contributed by atoms with Gasteiger partial charge in [-0.05, 0) is 88.7 Å². The van der Waals surface area contributed by atoms with E-state index in [1.807, 2.05) is 121 Å². The van der Waals surface area contributed by atoms with Gasteiger partial charge in [0.25, 0.3) is 0 Å². The lowest BCUT2D eigenvalue weighted by atomic mass is 9.67. The van der Waals surface area contributed by atoms with Crippen molar-refractivity contribution in [2.75, 3.05) is 0 Å². The van der Waals surface area contributed by atoms with Crippen LogP contribution in [-0.4, -0.2) is 29.9 Å². The van der Waals surface area contributed by atoms with Gasteiger partial charge in [-0.3, -0.25) is 0 Å². The van der Waals surface area contributed by atoms with Gasteiger partial charge in [-0.1, -0.05) is 176 Å². The highest BCUT2D eigenvalue weighted by Crippen LogP contribution is 2.62. The van der Waals surface area contributed by atoms with Gasteiger partial charge in [-0.25, -0.2) is 29.9 Å². The zero-order valence-corrected chi connectivity index (χ0v) is 34.9. The third-order valence-electron chi connectivity index (χ3n) is 13.2. The van der Waals surface area contributed by atoms with Crippen LogP contribution >= 0.6 is 0 Å². The summed E-state index contributed by atoms with van der Waals surface area (Å²) in [5.41, 5.74) is 14.5. The van der Waals surface area contributed by atoms with E-state index in [4.69, 9.17) is 29.9 Å². The Kier molecular flexibility index (Phi) is 8.85. The standard InChI is InChI=1S/C57H42N6/c1-36-28-37-30-46(29-36)57(35-37)49-25-15-14-24-47(49)48-27-26-42(34-50(48)57)43-31-44(55-60-51(38-16-6-2-7-17-38)58-52(61-55)39-18-8-3-9-19-39)33-45(32-43)56-62-53(40-20-10-4-11-21-40)59-54(63-56)41-22-12-5-13-23-41/h2-27,31-36,46H,28-30H2,1H3. The van der Waals surface area contributed by atoms with Crippen LogP contribution in [0.4, 0.5) is 0 Å². The molecule has 0 radical (unpaired) electrons. The Labute approximate surface area is 367 Å². The Balaban J connectivity index is 1.10. The van der Waals surface area contributed by atoms with Crippen LogP contribution in [0.25, 0.3) is 90.6 Å². The molecule has 300 valence electrons. The molecule has 6 heteroatoms. The summed E-state index contributed by atoms with van der Waals surface area (Å²) in [6.45, 7) is 2.42. The van der Waals surface area contributed by atoms with E-state index in [1.165, 1.54) is 41.5 Å². The first-order valence-corrected chi connectivity index (χ1v) is 21.9. The van der Waals surface area contributed by atoms with Crippen LogP contribution in [0.1, 0.15) is 37.3 Å². The second-order valence-corrected chi connectivity index (χ2v) is 17.3. The van der Waals surface area contributed by atoms with Crippen LogP contribution in [0.5, 0.6) is 0 Å². The summed E-state index contributed by atoms with van der Waals surface area (Å²) in [6.07, 6.45) is 6.23. The molecule has 7 aromatic carbocycles. The fourth-order valence-corrected chi connectivity index (χ4v) is 10.5. The Morgan fingerprint density at radius 3 is 1.27 bits per heavy atom. The van der Waals surface area contributed by atoms with Gasteiger partial charge in [0, 0.05) is 38.8 Å². The predicted molar refractivity (Wildman–Crippen MR) is 252 cm³/mol. The average molecular weight is 811 g/mol. The number of allylic oxidation sites excluding steroid dienone is 2. The van der Waals surface area contributed by atoms with Crippen LogP contribution < -0.4 is 0 Å². The smallest absolute Gasteiger partial charge is 0.164 e. The fourth-order valence-electron chi connectivity index (χ4n) is 10.5. The maximum atomic E-state index is 5.20. The predicted octanol–water partition coefficient (Wildman–Crippen LogP) is 13.4. The second-order valence-electron chi connectivity index (χ2n) is 17.3. The molecular formula is C57H42N6. The maximum Gasteiger partial charge on any atom is 0.164 e. The third kappa shape index (κ3) is 6.49. The number of hydrogen-bond acceptors (Lipinski definition) is 6. The molecule has 3 aliphatic carbocycles. The minimum absolute atomic E-state index is 0.144. The van der Waals surface area contributed by atoms with Crippen molar-refractivity contribution in [3.05, 3.63) is 205 Å². The molecule has 2 aromatic heterocycles. The van der Waals surface area contributed by atoms with Gasteiger partial charge < -0.3 is 0 Å². The second kappa shape index (κ2) is 15.0. The van der Waals surface area contributed by atoms with Crippen molar-refractivity contribution >= 4 is 0 Å². The van der Waals surface area contributed by atoms with Crippen molar-refractivity contribution < 1.29 is 0 Å². The minimum Gasteiger partial charge on any atom is -0.208 e. The van der Waals surface area contributed by atoms with E-state index in [-0.39, 0.29) is 5.41 Å². The van der Waals surface area contributed by atoms with Crippen molar-refractivity contribution in [3.63, 3.8) is 0 Å².